The summed E-state index contributed by atoms with van der Waals surface area (Å²) < 4.78 is 4.96. The Morgan fingerprint density at radius 1 is 1.43 bits per heavy atom. The minimum atomic E-state index is 0.318. The summed E-state index contributed by atoms with van der Waals surface area (Å²) in [6.45, 7) is 0.458. The highest BCUT2D eigenvalue weighted by Crippen LogP contribution is 2.10. The Morgan fingerprint density at radius 3 is 2.71 bits per heavy atom. The van der Waals surface area contributed by atoms with Crippen LogP contribution in [0.3, 0.4) is 0 Å². The van der Waals surface area contributed by atoms with Crippen LogP contribution in [0.1, 0.15) is 21.5 Å². The molecular weight excluding hydrogens is 178 g/mol. The molecule has 0 heterocycles. The molecule has 0 radical (unpaired) electrons. The Balaban J connectivity index is 3.01. The maximum Gasteiger partial charge on any atom is 0.150 e. The second-order valence-corrected chi connectivity index (χ2v) is 2.97. The van der Waals surface area contributed by atoms with Crippen LogP contribution in [0.15, 0.2) is 18.2 Å². The monoisotopic (exact) mass is 189 g/mol. The standard InChI is InChI=1S/C11H11NO2/c1-14-8-11-5-9(2-3-12)4-10(6-11)7-13/h4-7H,2,8H2,1H3. The number of aldehydes is 1. The van der Waals surface area contributed by atoms with Crippen LogP contribution < -0.4 is 0 Å². The number of carbonyl (C=O) groups excluding carboxylic acids is 1. The van der Waals surface area contributed by atoms with Gasteiger partial charge in [0.2, 0.25) is 0 Å². The minimum Gasteiger partial charge on any atom is -0.380 e. The van der Waals surface area contributed by atoms with Crippen molar-refractivity contribution in [2.75, 3.05) is 7.11 Å². The number of nitrogens with zero attached hydrogens (tertiary/aromatic N) is 1. The quantitative estimate of drug-likeness (QED) is 0.677. The summed E-state index contributed by atoms with van der Waals surface area (Å²) >= 11 is 0. The summed E-state index contributed by atoms with van der Waals surface area (Å²) in [5, 5.41) is 8.53. The molecule has 3 nitrogen and oxygen atoms in total. The number of hydrogen-bond acceptors (Lipinski definition) is 3. The molecule has 0 bridgehead atoms. The van der Waals surface area contributed by atoms with Crippen molar-refractivity contribution in [1.82, 2.24) is 0 Å². The number of ether oxygens (including phenoxy) is 1. The van der Waals surface area contributed by atoms with Crippen molar-refractivity contribution in [3.8, 4) is 6.07 Å². The third kappa shape index (κ3) is 2.68. The Bertz CT molecular complexity index is 366. The fraction of sp³-hybridized carbons (Fsp3) is 0.273. The average Bonchev–Trinajstić information content (AvgIpc) is 2.18. The van der Waals surface area contributed by atoms with Crippen LogP contribution in [0.2, 0.25) is 0 Å². The molecule has 0 aliphatic heterocycles. The van der Waals surface area contributed by atoms with Gasteiger partial charge in [0.25, 0.3) is 0 Å². The van der Waals surface area contributed by atoms with Gasteiger partial charge in [-0.05, 0) is 23.3 Å². The number of methoxy groups -OCH3 is 1. The van der Waals surface area contributed by atoms with Crippen molar-refractivity contribution in [2.45, 2.75) is 13.0 Å². The molecule has 0 aliphatic carbocycles. The summed E-state index contributed by atoms with van der Waals surface area (Å²) in [4.78, 5) is 10.6. The second kappa shape index (κ2) is 5.15. The lowest BCUT2D eigenvalue weighted by atomic mass is 10.1. The second-order valence-electron chi connectivity index (χ2n) is 2.97. The lowest BCUT2D eigenvalue weighted by molar-refractivity contribution is 0.112. The molecule has 3 heteroatoms. The first-order valence-corrected chi connectivity index (χ1v) is 4.24. The first kappa shape index (κ1) is 10.4. The van der Waals surface area contributed by atoms with Crippen molar-refractivity contribution >= 4 is 6.29 Å². The zero-order chi connectivity index (χ0) is 10.4. The fourth-order valence-corrected chi connectivity index (χ4v) is 1.30. The van der Waals surface area contributed by atoms with Gasteiger partial charge in [0.05, 0.1) is 19.1 Å². The van der Waals surface area contributed by atoms with Crippen molar-refractivity contribution in [3.05, 3.63) is 34.9 Å². The number of rotatable bonds is 4. The predicted octanol–water partition coefficient (Wildman–Crippen LogP) is 1.71. The van der Waals surface area contributed by atoms with Gasteiger partial charge < -0.3 is 4.74 Å². The average molecular weight is 189 g/mol. The van der Waals surface area contributed by atoms with Crippen LogP contribution in [0, 0.1) is 11.3 Å². The highest BCUT2D eigenvalue weighted by molar-refractivity contribution is 5.75. The van der Waals surface area contributed by atoms with Crippen molar-refractivity contribution in [2.24, 2.45) is 0 Å². The smallest absolute Gasteiger partial charge is 0.150 e. The van der Waals surface area contributed by atoms with Gasteiger partial charge in [-0.15, -0.1) is 0 Å². The van der Waals surface area contributed by atoms with E-state index < -0.39 is 0 Å². The van der Waals surface area contributed by atoms with Gasteiger partial charge in [0.15, 0.2) is 0 Å². The van der Waals surface area contributed by atoms with E-state index >= 15 is 0 Å². The van der Waals surface area contributed by atoms with E-state index in [4.69, 9.17) is 10.00 Å². The molecule has 0 aliphatic rings. The first-order valence-electron chi connectivity index (χ1n) is 4.24. The number of nitriles is 1. The van der Waals surface area contributed by atoms with E-state index in [1.54, 1.807) is 19.2 Å². The number of hydrogen-bond donors (Lipinski definition) is 0. The maximum absolute atomic E-state index is 10.6. The van der Waals surface area contributed by atoms with Crippen molar-refractivity contribution in [1.29, 1.82) is 5.26 Å². The van der Waals surface area contributed by atoms with Gasteiger partial charge in [-0.25, -0.2) is 0 Å². The first-order chi connectivity index (χ1) is 6.80. The van der Waals surface area contributed by atoms with Crippen molar-refractivity contribution < 1.29 is 9.53 Å². The van der Waals surface area contributed by atoms with Crippen LogP contribution in [0.4, 0.5) is 0 Å². The van der Waals surface area contributed by atoms with Gasteiger partial charge in [0, 0.05) is 12.7 Å². The summed E-state index contributed by atoms with van der Waals surface area (Å²) in [7, 11) is 1.59. The fourth-order valence-electron chi connectivity index (χ4n) is 1.30. The van der Waals surface area contributed by atoms with Crippen LogP contribution in [-0.2, 0) is 17.8 Å². The molecule has 14 heavy (non-hydrogen) atoms. The van der Waals surface area contributed by atoms with E-state index in [0.717, 1.165) is 17.4 Å². The molecule has 0 atom stereocenters. The van der Waals surface area contributed by atoms with Crippen LogP contribution in [0.25, 0.3) is 0 Å². The van der Waals surface area contributed by atoms with E-state index in [1.165, 1.54) is 0 Å². The maximum atomic E-state index is 10.6. The number of benzene rings is 1. The predicted molar refractivity (Wildman–Crippen MR) is 51.9 cm³/mol. The van der Waals surface area contributed by atoms with Gasteiger partial charge in [-0.2, -0.15) is 5.26 Å². The van der Waals surface area contributed by atoms with Gasteiger partial charge >= 0.3 is 0 Å². The molecule has 0 spiro atoms. The normalized spacial score (nSPS) is 9.43. The molecule has 1 aromatic carbocycles. The molecule has 0 unspecified atom stereocenters. The molecule has 1 aromatic rings. The Kier molecular flexibility index (Phi) is 3.84. The van der Waals surface area contributed by atoms with Crippen molar-refractivity contribution in [3.63, 3.8) is 0 Å². The Hall–Kier alpha value is -1.66. The summed E-state index contributed by atoms with van der Waals surface area (Å²) in [5.41, 5.74) is 2.36. The minimum absolute atomic E-state index is 0.318. The molecule has 0 saturated carbocycles. The van der Waals surface area contributed by atoms with E-state index in [-0.39, 0.29) is 0 Å². The van der Waals surface area contributed by atoms with Gasteiger partial charge in [-0.1, -0.05) is 6.07 Å². The van der Waals surface area contributed by atoms with E-state index in [1.807, 2.05) is 12.1 Å². The largest absolute Gasteiger partial charge is 0.380 e. The highest BCUT2D eigenvalue weighted by atomic mass is 16.5. The Morgan fingerprint density at radius 2 is 2.14 bits per heavy atom. The third-order valence-electron chi connectivity index (χ3n) is 1.81. The van der Waals surface area contributed by atoms with Crippen LogP contribution in [0.5, 0.6) is 0 Å². The molecule has 0 amide bonds. The topological polar surface area (TPSA) is 50.1 Å². The van der Waals surface area contributed by atoms with Gasteiger partial charge in [0.1, 0.15) is 6.29 Å². The van der Waals surface area contributed by atoms with Gasteiger partial charge in [-0.3, -0.25) is 4.79 Å². The molecule has 72 valence electrons. The highest BCUT2D eigenvalue weighted by Gasteiger charge is 2.00. The lowest BCUT2D eigenvalue weighted by Gasteiger charge is -2.03. The molecular formula is C11H11NO2. The zero-order valence-corrected chi connectivity index (χ0v) is 7.99. The molecule has 0 saturated heterocycles. The van der Waals surface area contributed by atoms with E-state index in [2.05, 4.69) is 0 Å². The third-order valence-corrected chi connectivity index (χ3v) is 1.81. The summed E-state index contributed by atoms with van der Waals surface area (Å²) in [6.07, 6.45) is 1.10. The molecule has 0 fully saturated rings. The van der Waals surface area contributed by atoms with E-state index in [9.17, 15) is 4.79 Å². The summed E-state index contributed by atoms with van der Waals surface area (Å²) in [5.74, 6) is 0. The zero-order valence-electron chi connectivity index (χ0n) is 7.99. The molecule has 0 aromatic heterocycles. The summed E-state index contributed by atoms with van der Waals surface area (Å²) in [6, 6.07) is 7.40. The molecule has 0 N–H and O–H groups in total. The number of carbonyl (C=O) groups is 1. The van der Waals surface area contributed by atoms with E-state index in [0.29, 0.717) is 18.6 Å². The van der Waals surface area contributed by atoms with Crippen LogP contribution in [-0.4, -0.2) is 13.4 Å². The van der Waals surface area contributed by atoms with Crippen LogP contribution >= 0.6 is 0 Å². The SMILES string of the molecule is COCc1cc(C=O)cc(CC#N)c1. The molecule has 1 rings (SSSR count). The Labute approximate surface area is 82.9 Å². The lowest BCUT2D eigenvalue weighted by Crippen LogP contribution is -1.93.